The van der Waals surface area contributed by atoms with Crippen molar-refractivity contribution >= 4 is 17.1 Å². The number of nitrogens with zero attached hydrogens (tertiary/aromatic N) is 4. The van der Waals surface area contributed by atoms with Crippen molar-refractivity contribution < 1.29 is 23.8 Å². The second kappa shape index (κ2) is 10.9. The van der Waals surface area contributed by atoms with Crippen LogP contribution in [-0.4, -0.2) is 48.7 Å². The highest BCUT2D eigenvalue weighted by molar-refractivity contribution is 5.77. The molecule has 37 heavy (non-hydrogen) atoms. The SMILES string of the molecule is CCCOc1ccc2[nH]c(-c3ccc(-c4cnc(OC5CCC(CC(=O)O)CC5)nc4)cc3F)nc2n1. The van der Waals surface area contributed by atoms with Gasteiger partial charge < -0.3 is 19.6 Å². The fourth-order valence-electron chi connectivity index (χ4n) is 4.55. The lowest BCUT2D eigenvalue weighted by atomic mass is 9.85. The van der Waals surface area contributed by atoms with E-state index >= 15 is 4.39 Å². The number of rotatable bonds is 9. The van der Waals surface area contributed by atoms with Gasteiger partial charge in [0, 0.05) is 30.4 Å². The van der Waals surface area contributed by atoms with Crippen LogP contribution in [0.4, 0.5) is 4.39 Å². The number of pyridine rings is 1. The average molecular weight is 506 g/mol. The molecule has 192 valence electrons. The molecule has 1 fully saturated rings. The lowest BCUT2D eigenvalue weighted by Crippen LogP contribution is -2.25. The van der Waals surface area contributed by atoms with Crippen molar-refractivity contribution in [3.8, 4) is 34.4 Å². The van der Waals surface area contributed by atoms with E-state index in [9.17, 15) is 4.79 Å². The number of nitrogens with one attached hydrogen (secondary N) is 1. The first-order valence-electron chi connectivity index (χ1n) is 12.5. The summed E-state index contributed by atoms with van der Waals surface area (Å²) in [4.78, 5) is 31.4. The van der Waals surface area contributed by atoms with E-state index in [2.05, 4.69) is 24.9 Å². The summed E-state index contributed by atoms with van der Waals surface area (Å²) in [5, 5.41) is 8.95. The number of aromatic amines is 1. The Labute approximate surface area is 213 Å². The van der Waals surface area contributed by atoms with E-state index in [1.807, 2.05) is 13.0 Å². The molecular weight excluding hydrogens is 477 g/mol. The van der Waals surface area contributed by atoms with Crippen molar-refractivity contribution in [3.05, 3.63) is 48.5 Å². The summed E-state index contributed by atoms with van der Waals surface area (Å²) < 4.78 is 26.5. The maximum atomic E-state index is 15.1. The van der Waals surface area contributed by atoms with E-state index in [0.717, 1.165) is 32.1 Å². The van der Waals surface area contributed by atoms with E-state index < -0.39 is 11.8 Å². The first-order valence-corrected chi connectivity index (χ1v) is 12.5. The number of ether oxygens (including phenoxy) is 2. The summed E-state index contributed by atoms with van der Waals surface area (Å²) in [6, 6.07) is 8.72. The van der Waals surface area contributed by atoms with Crippen LogP contribution >= 0.6 is 0 Å². The first kappa shape index (κ1) is 24.6. The molecule has 1 aromatic carbocycles. The number of carboxylic acids is 1. The number of carbonyl (C=O) groups is 1. The number of imidazole rings is 1. The molecule has 4 aromatic rings. The third kappa shape index (κ3) is 5.84. The van der Waals surface area contributed by atoms with Gasteiger partial charge in [-0.3, -0.25) is 4.79 Å². The van der Waals surface area contributed by atoms with Gasteiger partial charge in [0.15, 0.2) is 5.65 Å². The Morgan fingerprint density at radius 2 is 1.86 bits per heavy atom. The molecule has 10 heteroatoms. The van der Waals surface area contributed by atoms with Gasteiger partial charge in [0.05, 0.1) is 17.7 Å². The molecular formula is C27H28FN5O4. The molecule has 3 aromatic heterocycles. The van der Waals surface area contributed by atoms with E-state index in [-0.39, 0.29) is 24.5 Å². The highest BCUT2D eigenvalue weighted by atomic mass is 19.1. The summed E-state index contributed by atoms with van der Waals surface area (Å²) in [6.07, 6.45) is 7.45. The quantitative estimate of drug-likeness (QED) is 0.309. The number of carboxylic acid groups (broad SMARTS) is 1. The molecule has 5 rings (SSSR count). The number of halogens is 1. The van der Waals surface area contributed by atoms with Crippen molar-refractivity contribution in [3.63, 3.8) is 0 Å². The average Bonchev–Trinajstić information content (AvgIpc) is 3.32. The highest BCUT2D eigenvalue weighted by Gasteiger charge is 2.24. The smallest absolute Gasteiger partial charge is 0.316 e. The summed E-state index contributed by atoms with van der Waals surface area (Å²) >= 11 is 0. The van der Waals surface area contributed by atoms with Crippen LogP contribution in [0.3, 0.4) is 0 Å². The third-order valence-electron chi connectivity index (χ3n) is 6.49. The maximum absolute atomic E-state index is 15.1. The second-order valence-electron chi connectivity index (χ2n) is 9.26. The molecule has 1 saturated carbocycles. The third-order valence-corrected chi connectivity index (χ3v) is 6.49. The second-order valence-corrected chi connectivity index (χ2v) is 9.26. The van der Waals surface area contributed by atoms with E-state index in [1.54, 1.807) is 30.6 Å². The molecule has 1 aliphatic rings. The van der Waals surface area contributed by atoms with Gasteiger partial charge in [-0.15, -0.1) is 0 Å². The number of fused-ring (bicyclic) bond motifs is 1. The Morgan fingerprint density at radius 1 is 1.08 bits per heavy atom. The van der Waals surface area contributed by atoms with Gasteiger partial charge in [0.1, 0.15) is 17.7 Å². The topological polar surface area (TPSA) is 123 Å². The summed E-state index contributed by atoms with van der Waals surface area (Å²) in [5.41, 5.74) is 2.78. The molecule has 3 heterocycles. The van der Waals surface area contributed by atoms with Crippen LogP contribution in [0.1, 0.15) is 45.4 Å². The molecule has 0 spiro atoms. The maximum Gasteiger partial charge on any atom is 0.316 e. The van der Waals surface area contributed by atoms with Gasteiger partial charge in [0.25, 0.3) is 0 Å². The van der Waals surface area contributed by atoms with Crippen molar-refractivity contribution in [1.82, 2.24) is 24.9 Å². The van der Waals surface area contributed by atoms with Crippen LogP contribution < -0.4 is 9.47 Å². The predicted molar refractivity (Wildman–Crippen MR) is 135 cm³/mol. The van der Waals surface area contributed by atoms with Gasteiger partial charge in [-0.1, -0.05) is 13.0 Å². The Bertz CT molecular complexity index is 1380. The van der Waals surface area contributed by atoms with Crippen LogP contribution in [0.15, 0.2) is 42.7 Å². The number of hydrogen-bond donors (Lipinski definition) is 2. The van der Waals surface area contributed by atoms with Gasteiger partial charge in [0.2, 0.25) is 5.88 Å². The van der Waals surface area contributed by atoms with Gasteiger partial charge in [-0.05, 0) is 61.8 Å². The first-order chi connectivity index (χ1) is 18.0. The number of aromatic nitrogens is 5. The normalized spacial score (nSPS) is 17.6. The Hall–Kier alpha value is -4.08. The predicted octanol–water partition coefficient (Wildman–Crippen LogP) is 5.42. The molecule has 2 N–H and O–H groups in total. The minimum absolute atomic E-state index is 0.0276. The minimum atomic E-state index is -0.756. The summed E-state index contributed by atoms with van der Waals surface area (Å²) in [5.74, 6) is -0.114. The lowest BCUT2D eigenvalue weighted by molar-refractivity contribution is -0.138. The zero-order chi connectivity index (χ0) is 25.8. The highest BCUT2D eigenvalue weighted by Crippen LogP contribution is 2.30. The molecule has 0 unspecified atom stereocenters. The summed E-state index contributed by atoms with van der Waals surface area (Å²) in [7, 11) is 0. The fraction of sp³-hybridized carbons (Fsp3) is 0.370. The standard InChI is InChI=1S/C27H28FN5O4/c1-2-11-36-23-10-9-22-26(32-23)33-25(31-22)20-8-5-17(13-21(20)28)18-14-29-27(30-15-18)37-19-6-3-16(4-7-19)12-24(34)35/h5,8-10,13-16,19H,2-4,6-7,11-12H2,1H3,(H,34,35)(H,31,32,33). The Morgan fingerprint density at radius 3 is 2.57 bits per heavy atom. The molecule has 1 aliphatic carbocycles. The Balaban J connectivity index is 1.25. The van der Waals surface area contributed by atoms with Gasteiger partial charge in [-0.25, -0.2) is 19.3 Å². The molecule has 0 radical (unpaired) electrons. The number of hydrogen-bond acceptors (Lipinski definition) is 7. The van der Waals surface area contributed by atoms with Crippen molar-refractivity contribution in [2.75, 3.05) is 6.61 Å². The molecule has 0 amide bonds. The van der Waals surface area contributed by atoms with E-state index in [0.29, 0.717) is 46.2 Å². The fourth-order valence-corrected chi connectivity index (χ4v) is 4.55. The van der Waals surface area contributed by atoms with Crippen LogP contribution in [0.2, 0.25) is 0 Å². The van der Waals surface area contributed by atoms with Crippen LogP contribution in [-0.2, 0) is 4.79 Å². The largest absolute Gasteiger partial charge is 0.481 e. The Kier molecular flexibility index (Phi) is 7.25. The molecule has 9 nitrogen and oxygen atoms in total. The number of benzene rings is 1. The van der Waals surface area contributed by atoms with Gasteiger partial charge >= 0.3 is 12.0 Å². The zero-order valence-corrected chi connectivity index (χ0v) is 20.5. The lowest BCUT2D eigenvalue weighted by Gasteiger charge is -2.27. The zero-order valence-electron chi connectivity index (χ0n) is 20.5. The van der Waals surface area contributed by atoms with Crippen molar-refractivity contribution in [1.29, 1.82) is 0 Å². The van der Waals surface area contributed by atoms with Crippen molar-refractivity contribution in [2.45, 2.75) is 51.6 Å². The van der Waals surface area contributed by atoms with Crippen LogP contribution in [0.25, 0.3) is 33.7 Å². The molecule has 0 atom stereocenters. The van der Waals surface area contributed by atoms with Crippen LogP contribution in [0, 0.1) is 11.7 Å². The minimum Gasteiger partial charge on any atom is -0.481 e. The monoisotopic (exact) mass is 505 g/mol. The number of H-pyrrole nitrogens is 1. The summed E-state index contributed by atoms with van der Waals surface area (Å²) in [6.45, 7) is 2.59. The molecule has 0 bridgehead atoms. The number of aliphatic carboxylic acids is 1. The van der Waals surface area contributed by atoms with Gasteiger partial charge in [-0.2, -0.15) is 4.98 Å². The molecule has 0 aliphatic heterocycles. The van der Waals surface area contributed by atoms with Crippen molar-refractivity contribution in [2.24, 2.45) is 5.92 Å². The van der Waals surface area contributed by atoms with Crippen LogP contribution in [0.5, 0.6) is 11.9 Å². The van der Waals surface area contributed by atoms with E-state index in [1.165, 1.54) is 6.07 Å². The van der Waals surface area contributed by atoms with E-state index in [4.69, 9.17) is 14.6 Å². The molecule has 0 saturated heterocycles.